The molecule has 0 radical (unpaired) electrons. The lowest BCUT2D eigenvalue weighted by molar-refractivity contribution is 0.0594. The number of esters is 1. The molecule has 4 rings (SSSR count). The van der Waals surface area contributed by atoms with Crippen LogP contribution in [-0.4, -0.2) is 25.1 Å². The zero-order valence-corrected chi connectivity index (χ0v) is 17.6. The van der Waals surface area contributed by atoms with Gasteiger partial charge < -0.3 is 14.4 Å². The molecule has 0 spiro atoms. The summed E-state index contributed by atoms with van der Waals surface area (Å²) in [5.74, 6) is 0.108. The van der Waals surface area contributed by atoms with Gasteiger partial charge in [-0.15, -0.1) is 0 Å². The average molecular weight is 412 g/mol. The van der Waals surface area contributed by atoms with Crippen LogP contribution in [0.1, 0.15) is 21.6 Å². The Bertz CT molecular complexity index is 1180. The van der Waals surface area contributed by atoms with Crippen molar-refractivity contribution in [3.63, 3.8) is 0 Å². The topological polar surface area (TPSA) is 51.7 Å². The first-order chi connectivity index (χ1) is 15.2. The Morgan fingerprint density at radius 3 is 2.26 bits per heavy atom. The number of benzene rings is 3. The molecular weight excluding hydrogens is 388 g/mol. The Morgan fingerprint density at radius 2 is 1.58 bits per heavy atom. The van der Waals surface area contributed by atoms with Crippen LogP contribution in [0.15, 0.2) is 84.9 Å². The summed E-state index contributed by atoms with van der Waals surface area (Å²) >= 11 is 0. The number of para-hydroxylation sites is 1. The van der Waals surface area contributed by atoms with Crippen molar-refractivity contribution in [2.24, 2.45) is 0 Å². The van der Waals surface area contributed by atoms with Crippen molar-refractivity contribution in [2.45, 2.75) is 13.2 Å². The van der Waals surface area contributed by atoms with Gasteiger partial charge in [-0.3, -0.25) is 0 Å². The van der Waals surface area contributed by atoms with Crippen molar-refractivity contribution < 1.29 is 14.3 Å². The van der Waals surface area contributed by atoms with E-state index in [2.05, 4.69) is 22.0 Å². The van der Waals surface area contributed by atoms with E-state index < -0.39 is 5.97 Å². The Labute approximate surface area is 181 Å². The fourth-order valence-corrected chi connectivity index (χ4v) is 3.52. The third kappa shape index (κ3) is 4.67. The molecule has 0 atom stereocenters. The first-order valence-corrected chi connectivity index (χ1v) is 10.1. The number of carbonyl (C=O) groups excluding carboxylic acids is 1. The van der Waals surface area contributed by atoms with Gasteiger partial charge in [-0.1, -0.05) is 66.7 Å². The number of aromatic nitrogens is 1. The number of pyridine rings is 1. The van der Waals surface area contributed by atoms with E-state index in [1.807, 2.05) is 73.8 Å². The summed E-state index contributed by atoms with van der Waals surface area (Å²) in [5.41, 5.74) is 4.07. The van der Waals surface area contributed by atoms with Gasteiger partial charge in [-0.2, -0.15) is 0 Å². The molecule has 0 bridgehead atoms. The fraction of sp³-hybridized carbons (Fsp3) is 0.154. The second-order valence-corrected chi connectivity index (χ2v) is 7.29. The molecule has 4 aromatic rings. The molecule has 1 aromatic heterocycles. The van der Waals surface area contributed by atoms with E-state index in [1.54, 1.807) is 6.07 Å². The highest BCUT2D eigenvalue weighted by Gasteiger charge is 2.17. The van der Waals surface area contributed by atoms with Gasteiger partial charge in [0, 0.05) is 25.0 Å². The molecule has 0 saturated carbocycles. The van der Waals surface area contributed by atoms with Crippen LogP contribution >= 0.6 is 0 Å². The van der Waals surface area contributed by atoms with Crippen LogP contribution in [0.25, 0.3) is 10.9 Å². The lowest BCUT2D eigenvalue weighted by Gasteiger charge is -2.22. The van der Waals surface area contributed by atoms with Crippen LogP contribution in [-0.2, 0) is 17.9 Å². The van der Waals surface area contributed by atoms with E-state index >= 15 is 0 Å². The zero-order valence-electron chi connectivity index (χ0n) is 17.6. The molecule has 0 aliphatic carbocycles. The summed E-state index contributed by atoms with van der Waals surface area (Å²) in [6, 6.07) is 27.7. The fourth-order valence-electron chi connectivity index (χ4n) is 3.52. The summed E-state index contributed by atoms with van der Waals surface area (Å²) in [4.78, 5) is 19.0. The van der Waals surface area contributed by atoms with Gasteiger partial charge in [0.2, 0.25) is 0 Å². The maximum Gasteiger partial charge on any atom is 0.356 e. The molecule has 0 N–H and O–H groups in total. The lowest BCUT2D eigenvalue weighted by Crippen LogP contribution is -2.17. The van der Waals surface area contributed by atoms with Gasteiger partial charge in [0.1, 0.15) is 12.4 Å². The SMILES string of the molecule is COC(=O)c1cc(OCc2ccccc2)c2cccc(N(C)Cc3ccccc3)c2n1. The first kappa shape index (κ1) is 20.4. The molecule has 0 aliphatic rings. The van der Waals surface area contributed by atoms with Crippen molar-refractivity contribution >= 4 is 22.6 Å². The summed E-state index contributed by atoms with van der Waals surface area (Å²) in [7, 11) is 3.37. The second kappa shape index (κ2) is 9.30. The maximum absolute atomic E-state index is 12.3. The van der Waals surface area contributed by atoms with Gasteiger partial charge in [0.05, 0.1) is 18.3 Å². The number of nitrogens with zero attached hydrogens (tertiary/aromatic N) is 2. The average Bonchev–Trinajstić information content (AvgIpc) is 2.82. The number of hydrogen-bond donors (Lipinski definition) is 0. The van der Waals surface area contributed by atoms with Crippen LogP contribution in [0.2, 0.25) is 0 Å². The number of anilines is 1. The summed E-state index contributed by atoms with van der Waals surface area (Å²) in [6.45, 7) is 1.11. The Hall–Kier alpha value is -3.86. The third-order valence-corrected chi connectivity index (χ3v) is 5.09. The van der Waals surface area contributed by atoms with Gasteiger partial charge in [0.15, 0.2) is 5.69 Å². The van der Waals surface area contributed by atoms with Crippen LogP contribution < -0.4 is 9.64 Å². The highest BCUT2D eigenvalue weighted by atomic mass is 16.5. The molecule has 5 nitrogen and oxygen atoms in total. The van der Waals surface area contributed by atoms with E-state index in [-0.39, 0.29) is 5.69 Å². The minimum absolute atomic E-state index is 0.221. The minimum atomic E-state index is -0.494. The molecule has 0 fully saturated rings. The van der Waals surface area contributed by atoms with Gasteiger partial charge in [-0.05, 0) is 23.3 Å². The number of hydrogen-bond acceptors (Lipinski definition) is 5. The van der Waals surface area contributed by atoms with Gasteiger partial charge in [-0.25, -0.2) is 9.78 Å². The first-order valence-electron chi connectivity index (χ1n) is 10.1. The normalized spacial score (nSPS) is 10.6. The van der Waals surface area contributed by atoms with Crippen LogP contribution in [0.3, 0.4) is 0 Å². The predicted molar refractivity (Wildman–Crippen MR) is 122 cm³/mol. The summed E-state index contributed by atoms with van der Waals surface area (Å²) in [6.07, 6.45) is 0. The van der Waals surface area contributed by atoms with Gasteiger partial charge >= 0.3 is 5.97 Å². The number of fused-ring (bicyclic) bond motifs is 1. The molecule has 31 heavy (non-hydrogen) atoms. The molecule has 156 valence electrons. The Balaban J connectivity index is 1.74. The number of carbonyl (C=O) groups is 1. The molecule has 0 saturated heterocycles. The summed E-state index contributed by atoms with van der Waals surface area (Å²) in [5, 5.41) is 0.848. The van der Waals surface area contributed by atoms with Crippen LogP contribution in [0.4, 0.5) is 5.69 Å². The van der Waals surface area contributed by atoms with Crippen LogP contribution in [0, 0.1) is 0 Å². The van der Waals surface area contributed by atoms with E-state index in [4.69, 9.17) is 9.47 Å². The third-order valence-electron chi connectivity index (χ3n) is 5.09. The Morgan fingerprint density at radius 1 is 0.903 bits per heavy atom. The highest BCUT2D eigenvalue weighted by Crippen LogP contribution is 2.33. The second-order valence-electron chi connectivity index (χ2n) is 7.29. The maximum atomic E-state index is 12.3. The molecule has 5 heteroatoms. The van der Waals surface area contributed by atoms with Gasteiger partial charge in [0.25, 0.3) is 0 Å². The van der Waals surface area contributed by atoms with E-state index in [1.165, 1.54) is 12.7 Å². The standard InChI is InChI=1S/C26H24N2O3/c1-28(17-19-10-5-3-6-11-19)23-15-9-14-21-24(31-18-20-12-7-4-8-13-20)16-22(26(29)30-2)27-25(21)23/h3-16H,17-18H2,1-2H3. The molecule has 1 heterocycles. The monoisotopic (exact) mass is 412 g/mol. The van der Waals surface area contributed by atoms with E-state index in [0.717, 1.165) is 16.6 Å². The largest absolute Gasteiger partial charge is 0.488 e. The van der Waals surface area contributed by atoms with E-state index in [9.17, 15) is 4.79 Å². The number of ether oxygens (including phenoxy) is 2. The van der Waals surface area contributed by atoms with Crippen molar-refractivity contribution in [3.8, 4) is 5.75 Å². The molecular formula is C26H24N2O3. The van der Waals surface area contributed by atoms with E-state index in [0.29, 0.717) is 24.4 Å². The minimum Gasteiger partial charge on any atom is -0.488 e. The van der Waals surface area contributed by atoms with Crippen molar-refractivity contribution in [2.75, 3.05) is 19.1 Å². The highest BCUT2D eigenvalue weighted by molar-refractivity contribution is 5.99. The zero-order chi connectivity index (χ0) is 21.6. The molecule has 0 aliphatic heterocycles. The van der Waals surface area contributed by atoms with Crippen molar-refractivity contribution in [1.29, 1.82) is 0 Å². The Kier molecular flexibility index (Phi) is 6.13. The summed E-state index contributed by atoms with van der Waals surface area (Å²) < 4.78 is 11.1. The molecule has 0 unspecified atom stereocenters. The quantitative estimate of drug-likeness (QED) is 0.389. The molecule has 3 aromatic carbocycles. The lowest BCUT2D eigenvalue weighted by atomic mass is 10.1. The predicted octanol–water partition coefficient (Wildman–Crippen LogP) is 5.24. The smallest absolute Gasteiger partial charge is 0.356 e. The number of rotatable bonds is 7. The molecule has 0 amide bonds. The van der Waals surface area contributed by atoms with Crippen molar-refractivity contribution in [3.05, 3.63) is 102 Å². The van der Waals surface area contributed by atoms with Crippen LogP contribution in [0.5, 0.6) is 5.75 Å². The van der Waals surface area contributed by atoms with Crippen molar-refractivity contribution in [1.82, 2.24) is 4.98 Å². The number of methoxy groups -OCH3 is 1.